The standard InChI is InChI=1S/C21H26N2O2/c1-15(19(24)22-14-16-8-6-5-7-9-16)23-20(25)17-10-12-18(13-11-17)21(2,3)4/h5-13,15H,14H2,1-4H3,(H,22,24)(H,23,25). The fraction of sp³-hybridized carbons (Fsp3) is 0.333. The minimum atomic E-state index is -0.599. The Morgan fingerprint density at radius 3 is 2.12 bits per heavy atom. The van der Waals surface area contributed by atoms with E-state index in [0.29, 0.717) is 12.1 Å². The van der Waals surface area contributed by atoms with Gasteiger partial charge in [-0.25, -0.2) is 0 Å². The zero-order valence-corrected chi connectivity index (χ0v) is 15.3. The van der Waals surface area contributed by atoms with Gasteiger partial charge in [0.05, 0.1) is 0 Å². The lowest BCUT2D eigenvalue weighted by molar-refractivity contribution is -0.122. The first-order chi connectivity index (χ1) is 11.8. The molecule has 0 saturated heterocycles. The summed E-state index contributed by atoms with van der Waals surface area (Å²) in [7, 11) is 0. The second kappa shape index (κ2) is 7.97. The van der Waals surface area contributed by atoms with Crippen LogP contribution in [0.4, 0.5) is 0 Å². The van der Waals surface area contributed by atoms with E-state index in [2.05, 4.69) is 31.4 Å². The predicted molar refractivity (Wildman–Crippen MR) is 100 cm³/mol. The molecular formula is C21H26N2O2. The van der Waals surface area contributed by atoms with Crippen LogP contribution >= 0.6 is 0 Å². The van der Waals surface area contributed by atoms with Crippen LogP contribution in [0.15, 0.2) is 54.6 Å². The van der Waals surface area contributed by atoms with E-state index in [1.165, 1.54) is 0 Å². The molecule has 0 aromatic heterocycles. The van der Waals surface area contributed by atoms with Crippen molar-refractivity contribution in [2.75, 3.05) is 0 Å². The van der Waals surface area contributed by atoms with Gasteiger partial charge >= 0.3 is 0 Å². The molecule has 2 amide bonds. The van der Waals surface area contributed by atoms with Crippen LogP contribution < -0.4 is 10.6 Å². The van der Waals surface area contributed by atoms with Crippen LogP contribution in [0.25, 0.3) is 0 Å². The molecule has 4 nitrogen and oxygen atoms in total. The summed E-state index contributed by atoms with van der Waals surface area (Å²) in [5, 5.41) is 5.57. The number of rotatable bonds is 5. The predicted octanol–water partition coefficient (Wildman–Crippen LogP) is 3.42. The second-order valence-corrected chi connectivity index (χ2v) is 7.23. The van der Waals surface area contributed by atoms with E-state index in [1.54, 1.807) is 19.1 Å². The van der Waals surface area contributed by atoms with Crippen molar-refractivity contribution in [3.8, 4) is 0 Å². The molecule has 0 bridgehead atoms. The molecular weight excluding hydrogens is 312 g/mol. The fourth-order valence-electron chi connectivity index (χ4n) is 2.41. The molecule has 25 heavy (non-hydrogen) atoms. The topological polar surface area (TPSA) is 58.2 Å². The Kier molecular flexibility index (Phi) is 5.97. The molecule has 0 radical (unpaired) electrons. The third-order valence-electron chi connectivity index (χ3n) is 4.06. The summed E-state index contributed by atoms with van der Waals surface area (Å²) in [5.41, 5.74) is 2.78. The highest BCUT2D eigenvalue weighted by Crippen LogP contribution is 2.22. The summed E-state index contributed by atoms with van der Waals surface area (Å²) >= 11 is 0. The molecule has 2 aromatic carbocycles. The van der Waals surface area contributed by atoms with Crippen molar-refractivity contribution in [3.63, 3.8) is 0 Å². The average molecular weight is 338 g/mol. The highest BCUT2D eigenvalue weighted by molar-refractivity contribution is 5.97. The molecule has 0 heterocycles. The van der Waals surface area contributed by atoms with E-state index in [9.17, 15) is 9.59 Å². The number of carbonyl (C=O) groups is 2. The molecule has 0 aliphatic carbocycles. The van der Waals surface area contributed by atoms with Gasteiger partial charge in [0.1, 0.15) is 6.04 Å². The second-order valence-electron chi connectivity index (χ2n) is 7.23. The third-order valence-corrected chi connectivity index (χ3v) is 4.06. The quantitative estimate of drug-likeness (QED) is 0.877. The smallest absolute Gasteiger partial charge is 0.251 e. The van der Waals surface area contributed by atoms with Gasteiger partial charge in [-0.2, -0.15) is 0 Å². The van der Waals surface area contributed by atoms with Gasteiger partial charge in [-0.1, -0.05) is 63.2 Å². The summed E-state index contributed by atoms with van der Waals surface area (Å²) < 4.78 is 0. The Labute approximate surface area is 149 Å². The Bertz CT molecular complexity index is 716. The third kappa shape index (κ3) is 5.45. The zero-order chi connectivity index (χ0) is 18.4. The van der Waals surface area contributed by atoms with Crippen LogP contribution in [0.1, 0.15) is 49.2 Å². The fourth-order valence-corrected chi connectivity index (χ4v) is 2.41. The van der Waals surface area contributed by atoms with Gasteiger partial charge in [-0.15, -0.1) is 0 Å². The first-order valence-electron chi connectivity index (χ1n) is 8.50. The van der Waals surface area contributed by atoms with Gasteiger partial charge in [-0.3, -0.25) is 9.59 Å². The maximum absolute atomic E-state index is 12.3. The Hall–Kier alpha value is -2.62. The molecule has 0 fully saturated rings. The number of amides is 2. The van der Waals surface area contributed by atoms with Crippen molar-refractivity contribution in [2.24, 2.45) is 0 Å². The maximum atomic E-state index is 12.3. The van der Waals surface area contributed by atoms with Gasteiger partial charge in [-0.05, 0) is 35.6 Å². The number of nitrogens with one attached hydrogen (secondary N) is 2. The summed E-state index contributed by atoms with van der Waals surface area (Å²) in [4.78, 5) is 24.4. The lowest BCUT2D eigenvalue weighted by Gasteiger charge is -2.19. The van der Waals surface area contributed by atoms with Crippen molar-refractivity contribution in [1.29, 1.82) is 0 Å². The van der Waals surface area contributed by atoms with Crippen LogP contribution in [0.2, 0.25) is 0 Å². The van der Waals surface area contributed by atoms with E-state index in [-0.39, 0.29) is 17.2 Å². The molecule has 1 unspecified atom stereocenters. The molecule has 132 valence electrons. The molecule has 2 N–H and O–H groups in total. The summed E-state index contributed by atoms with van der Waals surface area (Å²) in [5.74, 6) is -0.452. The molecule has 2 aromatic rings. The first kappa shape index (κ1) is 18.7. The van der Waals surface area contributed by atoms with E-state index in [1.807, 2.05) is 42.5 Å². The highest BCUT2D eigenvalue weighted by atomic mass is 16.2. The van der Waals surface area contributed by atoms with E-state index >= 15 is 0 Å². The van der Waals surface area contributed by atoms with Gasteiger partial charge in [0.25, 0.3) is 5.91 Å². The van der Waals surface area contributed by atoms with Crippen LogP contribution in [-0.4, -0.2) is 17.9 Å². The zero-order valence-electron chi connectivity index (χ0n) is 15.3. The van der Waals surface area contributed by atoms with Gasteiger partial charge in [0.15, 0.2) is 0 Å². The Balaban J connectivity index is 1.89. The van der Waals surface area contributed by atoms with Crippen molar-refractivity contribution in [1.82, 2.24) is 10.6 Å². The lowest BCUT2D eigenvalue weighted by Crippen LogP contribution is -2.44. The Morgan fingerprint density at radius 1 is 0.960 bits per heavy atom. The molecule has 0 aliphatic heterocycles. The van der Waals surface area contributed by atoms with Gasteiger partial charge in [0.2, 0.25) is 5.91 Å². The molecule has 4 heteroatoms. The largest absolute Gasteiger partial charge is 0.350 e. The van der Waals surface area contributed by atoms with Crippen LogP contribution in [-0.2, 0) is 16.8 Å². The van der Waals surface area contributed by atoms with E-state index < -0.39 is 6.04 Å². The van der Waals surface area contributed by atoms with Crippen molar-refractivity contribution in [2.45, 2.75) is 45.7 Å². The number of hydrogen-bond donors (Lipinski definition) is 2. The van der Waals surface area contributed by atoms with E-state index in [4.69, 9.17) is 0 Å². The van der Waals surface area contributed by atoms with Crippen molar-refractivity contribution >= 4 is 11.8 Å². The van der Waals surface area contributed by atoms with Crippen LogP contribution in [0, 0.1) is 0 Å². The SMILES string of the molecule is CC(NC(=O)c1ccc(C(C)(C)C)cc1)C(=O)NCc1ccccc1. The first-order valence-corrected chi connectivity index (χ1v) is 8.50. The minimum absolute atomic E-state index is 0.0413. The lowest BCUT2D eigenvalue weighted by atomic mass is 9.86. The molecule has 0 saturated carbocycles. The normalized spacial score (nSPS) is 12.3. The summed E-state index contributed by atoms with van der Waals surface area (Å²) in [6.45, 7) is 8.51. The molecule has 1 atom stereocenters. The van der Waals surface area contributed by atoms with Crippen molar-refractivity contribution in [3.05, 3.63) is 71.3 Å². The Morgan fingerprint density at radius 2 is 1.56 bits per heavy atom. The number of carbonyl (C=O) groups excluding carboxylic acids is 2. The number of benzene rings is 2. The molecule has 0 spiro atoms. The van der Waals surface area contributed by atoms with Crippen LogP contribution in [0.5, 0.6) is 0 Å². The number of hydrogen-bond acceptors (Lipinski definition) is 2. The molecule has 2 rings (SSSR count). The summed E-state index contributed by atoms with van der Waals surface area (Å²) in [6.07, 6.45) is 0. The minimum Gasteiger partial charge on any atom is -0.350 e. The summed E-state index contributed by atoms with van der Waals surface area (Å²) in [6, 6.07) is 16.6. The van der Waals surface area contributed by atoms with Gasteiger partial charge in [0, 0.05) is 12.1 Å². The van der Waals surface area contributed by atoms with E-state index in [0.717, 1.165) is 11.1 Å². The van der Waals surface area contributed by atoms with Crippen LogP contribution in [0.3, 0.4) is 0 Å². The van der Waals surface area contributed by atoms with Gasteiger partial charge < -0.3 is 10.6 Å². The monoisotopic (exact) mass is 338 g/mol. The van der Waals surface area contributed by atoms with Crippen molar-refractivity contribution < 1.29 is 9.59 Å². The average Bonchev–Trinajstić information content (AvgIpc) is 2.59. The maximum Gasteiger partial charge on any atom is 0.251 e. The molecule has 0 aliphatic rings. The highest BCUT2D eigenvalue weighted by Gasteiger charge is 2.18.